The van der Waals surface area contributed by atoms with Crippen LogP contribution in [0.1, 0.15) is 16.0 Å². The molecule has 138 valence electrons. The topological polar surface area (TPSA) is 53.6 Å². The first kappa shape index (κ1) is 18.5. The van der Waals surface area contributed by atoms with Crippen LogP contribution in [0, 0.1) is 5.82 Å². The Morgan fingerprint density at radius 2 is 2.07 bits per heavy atom. The molecular weight excluding hydrogens is 430 g/mol. The van der Waals surface area contributed by atoms with Crippen LogP contribution in [0.25, 0.3) is 11.0 Å². The Kier molecular flexibility index (Phi) is 5.23. The molecule has 0 saturated carbocycles. The first-order valence-corrected chi connectivity index (χ1v) is 9.90. The zero-order chi connectivity index (χ0) is 19.0. The van der Waals surface area contributed by atoms with E-state index in [4.69, 9.17) is 34.8 Å². The van der Waals surface area contributed by atoms with Gasteiger partial charge >= 0.3 is 0 Å². The van der Waals surface area contributed by atoms with Gasteiger partial charge in [0.1, 0.15) is 16.6 Å². The number of halogens is 4. The number of aromatic nitrogens is 3. The summed E-state index contributed by atoms with van der Waals surface area (Å²) in [5.41, 5.74) is 2.18. The van der Waals surface area contributed by atoms with Crippen molar-refractivity contribution in [3.63, 3.8) is 0 Å². The molecule has 0 spiro atoms. The summed E-state index contributed by atoms with van der Waals surface area (Å²) < 4.78 is 13.9. The number of nitrogens with one attached hydrogen (secondary N) is 2. The second-order valence-corrected chi connectivity index (χ2v) is 8.11. The molecule has 0 aliphatic rings. The second kappa shape index (κ2) is 7.64. The van der Waals surface area contributed by atoms with Crippen LogP contribution in [0.2, 0.25) is 15.2 Å². The van der Waals surface area contributed by atoms with E-state index in [0.717, 1.165) is 21.5 Å². The van der Waals surface area contributed by atoms with Gasteiger partial charge in [-0.15, -0.1) is 11.3 Å². The van der Waals surface area contributed by atoms with Crippen molar-refractivity contribution in [2.45, 2.75) is 13.0 Å². The molecule has 1 aromatic carbocycles. The Hall–Kier alpha value is -1.86. The number of pyridine rings is 1. The fourth-order valence-electron chi connectivity index (χ4n) is 2.73. The number of aromatic amines is 1. The van der Waals surface area contributed by atoms with E-state index in [0.29, 0.717) is 32.3 Å². The van der Waals surface area contributed by atoms with Crippen LogP contribution in [0.5, 0.6) is 0 Å². The molecule has 9 heteroatoms. The summed E-state index contributed by atoms with van der Waals surface area (Å²) >= 11 is 19.8. The lowest BCUT2D eigenvalue weighted by molar-refractivity contribution is 0.613. The molecule has 0 fully saturated rings. The first-order chi connectivity index (χ1) is 13.0. The Morgan fingerprint density at radius 1 is 1.22 bits per heavy atom. The summed E-state index contributed by atoms with van der Waals surface area (Å²) in [6, 6.07) is 6.46. The van der Waals surface area contributed by atoms with E-state index < -0.39 is 0 Å². The Morgan fingerprint density at radius 3 is 2.89 bits per heavy atom. The number of benzene rings is 1. The van der Waals surface area contributed by atoms with Crippen LogP contribution in [0.4, 0.5) is 9.52 Å². The predicted molar refractivity (Wildman–Crippen MR) is 110 cm³/mol. The van der Waals surface area contributed by atoms with Gasteiger partial charge < -0.3 is 10.3 Å². The van der Waals surface area contributed by atoms with E-state index in [1.807, 2.05) is 12.3 Å². The minimum Gasteiger partial charge on any atom is -0.357 e. The molecule has 0 amide bonds. The quantitative estimate of drug-likeness (QED) is 0.381. The van der Waals surface area contributed by atoms with Gasteiger partial charge in [-0.2, -0.15) is 0 Å². The monoisotopic (exact) mass is 440 g/mol. The van der Waals surface area contributed by atoms with Gasteiger partial charge in [0.25, 0.3) is 0 Å². The summed E-state index contributed by atoms with van der Waals surface area (Å²) in [7, 11) is 0. The summed E-state index contributed by atoms with van der Waals surface area (Å²) in [6.45, 7) is 0.224. The third-order valence-electron chi connectivity index (χ3n) is 4.06. The number of rotatable bonds is 5. The van der Waals surface area contributed by atoms with Crippen LogP contribution in [0.15, 0.2) is 36.7 Å². The van der Waals surface area contributed by atoms with Crippen LogP contribution in [-0.4, -0.2) is 15.0 Å². The SMILES string of the molecule is Fc1cccc(Cl)c1CNc1nc(Cl)c(Cc2c[nH]c3ncc(Cl)cc23)s1. The molecule has 0 radical (unpaired) electrons. The Balaban J connectivity index is 1.54. The number of H-pyrrole nitrogens is 1. The Bertz CT molecular complexity index is 1100. The smallest absolute Gasteiger partial charge is 0.184 e. The fourth-order valence-corrected chi connectivity index (χ4v) is 4.31. The first-order valence-electron chi connectivity index (χ1n) is 7.94. The molecule has 4 aromatic rings. The molecule has 0 aliphatic carbocycles. The van der Waals surface area contributed by atoms with Crippen molar-refractivity contribution in [2.75, 3.05) is 5.32 Å². The maximum atomic E-state index is 13.9. The molecule has 27 heavy (non-hydrogen) atoms. The van der Waals surface area contributed by atoms with Crippen molar-refractivity contribution >= 4 is 62.3 Å². The second-order valence-electron chi connectivity index (χ2n) is 5.83. The average Bonchev–Trinajstić information content (AvgIpc) is 3.18. The van der Waals surface area contributed by atoms with E-state index in [-0.39, 0.29) is 12.4 Å². The lowest BCUT2D eigenvalue weighted by Gasteiger charge is -2.06. The zero-order valence-corrected chi connectivity index (χ0v) is 16.8. The van der Waals surface area contributed by atoms with Crippen LogP contribution in [0.3, 0.4) is 0 Å². The third-order valence-corrected chi connectivity index (χ3v) is 6.06. The number of thiazole rings is 1. The normalized spacial score (nSPS) is 11.3. The molecule has 0 atom stereocenters. The highest BCUT2D eigenvalue weighted by Crippen LogP contribution is 2.32. The number of nitrogens with zero attached hydrogens (tertiary/aromatic N) is 2. The maximum Gasteiger partial charge on any atom is 0.184 e. The average molecular weight is 442 g/mol. The van der Waals surface area contributed by atoms with Crippen molar-refractivity contribution < 1.29 is 4.39 Å². The van der Waals surface area contributed by atoms with Gasteiger partial charge in [-0.1, -0.05) is 40.9 Å². The molecule has 0 aliphatic heterocycles. The highest BCUT2D eigenvalue weighted by molar-refractivity contribution is 7.16. The number of fused-ring (bicyclic) bond motifs is 1. The van der Waals surface area contributed by atoms with Gasteiger partial charge in [-0.25, -0.2) is 14.4 Å². The van der Waals surface area contributed by atoms with Gasteiger partial charge in [0.05, 0.1) is 9.90 Å². The summed E-state index contributed by atoms with van der Waals surface area (Å²) in [4.78, 5) is 12.6. The summed E-state index contributed by atoms with van der Waals surface area (Å²) in [5.74, 6) is -0.360. The fraction of sp³-hybridized carbons (Fsp3) is 0.111. The molecule has 3 heterocycles. The number of hydrogen-bond acceptors (Lipinski definition) is 4. The van der Waals surface area contributed by atoms with Crippen LogP contribution in [-0.2, 0) is 13.0 Å². The molecule has 2 N–H and O–H groups in total. The minimum absolute atomic E-state index is 0.224. The lowest BCUT2D eigenvalue weighted by Crippen LogP contribution is -2.02. The van der Waals surface area contributed by atoms with Crippen molar-refractivity contribution in [1.82, 2.24) is 15.0 Å². The minimum atomic E-state index is -0.360. The van der Waals surface area contributed by atoms with Crippen molar-refractivity contribution in [2.24, 2.45) is 0 Å². The molecular formula is C18H12Cl3FN4S. The van der Waals surface area contributed by atoms with E-state index in [1.54, 1.807) is 18.3 Å². The Labute approximate surface area is 173 Å². The van der Waals surface area contributed by atoms with E-state index in [1.165, 1.54) is 17.4 Å². The van der Waals surface area contributed by atoms with Gasteiger partial charge in [0, 0.05) is 41.3 Å². The van der Waals surface area contributed by atoms with Crippen LogP contribution >= 0.6 is 46.1 Å². The number of anilines is 1. The predicted octanol–water partition coefficient (Wildman–Crippen LogP) is 6.32. The van der Waals surface area contributed by atoms with Gasteiger partial charge in [0.2, 0.25) is 0 Å². The van der Waals surface area contributed by atoms with Gasteiger partial charge in [0.15, 0.2) is 5.13 Å². The highest BCUT2D eigenvalue weighted by atomic mass is 35.5. The molecule has 3 aromatic heterocycles. The molecule has 0 saturated heterocycles. The van der Waals surface area contributed by atoms with Gasteiger partial charge in [-0.3, -0.25) is 0 Å². The van der Waals surface area contributed by atoms with Crippen molar-refractivity contribution in [1.29, 1.82) is 0 Å². The van der Waals surface area contributed by atoms with Crippen molar-refractivity contribution in [3.8, 4) is 0 Å². The standard InChI is InChI=1S/C18H12Cl3FN4S/c19-10-5-11-9(6-23-17(11)24-7-10)4-15-16(21)26-18(27-15)25-8-12-13(20)2-1-3-14(12)22/h1-3,5-7H,4,8H2,(H,23,24)(H,25,26). The lowest BCUT2D eigenvalue weighted by atomic mass is 10.1. The summed E-state index contributed by atoms with van der Waals surface area (Å²) in [6.07, 6.45) is 4.07. The van der Waals surface area contributed by atoms with E-state index >= 15 is 0 Å². The molecule has 0 bridgehead atoms. The summed E-state index contributed by atoms with van der Waals surface area (Å²) in [5, 5.41) is 5.98. The molecule has 0 unspecified atom stereocenters. The highest BCUT2D eigenvalue weighted by Gasteiger charge is 2.14. The third kappa shape index (κ3) is 3.89. The van der Waals surface area contributed by atoms with E-state index in [9.17, 15) is 4.39 Å². The molecule has 4 nitrogen and oxygen atoms in total. The largest absolute Gasteiger partial charge is 0.357 e. The van der Waals surface area contributed by atoms with Crippen molar-refractivity contribution in [3.05, 3.63) is 73.7 Å². The maximum absolute atomic E-state index is 13.9. The van der Waals surface area contributed by atoms with Crippen LogP contribution < -0.4 is 5.32 Å². The van der Waals surface area contributed by atoms with Gasteiger partial charge in [-0.05, 0) is 23.8 Å². The molecule has 4 rings (SSSR count). The van der Waals surface area contributed by atoms with E-state index in [2.05, 4.69) is 20.3 Å². The number of hydrogen-bond donors (Lipinski definition) is 2. The zero-order valence-electron chi connectivity index (χ0n) is 13.7.